The summed E-state index contributed by atoms with van der Waals surface area (Å²) in [5.74, 6) is -0.647. The van der Waals surface area contributed by atoms with Crippen LogP contribution >= 0.6 is 0 Å². The summed E-state index contributed by atoms with van der Waals surface area (Å²) in [6.45, 7) is 7.20. The number of rotatable bonds is 3. The minimum atomic E-state index is -4.50. The van der Waals surface area contributed by atoms with Gasteiger partial charge in [-0.15, -0.1) is 0 Å². The highest BCUT2D eigenvalue weighted by Crippen LogP contribution is 2.29. The maximum atomic E-state index is 13.9. The van der Waals surface area contributed by atoms with Crippen LogP contribution in [-0.4, -0.2) is 27.6 Å². The van der Waals surface area contributed by atoms with Gasteiger partial charge in [-0.05, 0) is 63.6 Å². The SMILES string of the molecule is Cc1ccc(-c2cc(N/C(=N\C(=O)c3ccc(C(F)(F)F)cc3)NC(C)(C)C)[nH]n2)cc1F. The highest BCUT2D eigenvalue weighted by molar-refractivity contribution is 6.06. The molecule has 1 heterocycles. The topological polar surface area (TPSA) is 82.2 Å². The lowest BCUT2D eigenvalue weighted by atomic mass is 10.1. The molecule has 0 spiro atoms. The van der Waals surface area contributed by atoms with Gasteiger partial charge < -0.3 is 10.6 Å². The molecule has 33 heavy (non-hydrogen) atoms. The minimum Gasteiger partial charge on any atom is -0.351 e. The van der Waals surface area contributed by atoms with Crippen molar-refractivity contribution in [1.29, 1.82) is 0 Å². The first kappa shape index (κ1) is 24.0. The van der Waals surface area contributed by atoms with Crippen LogP contribution in [0.1, 0.15) is 42.3 Å². The number of carbonyl (C=O) groups is 1. The van der Waals surface area contributed by atoms with E-state index in [4.69, 9.17) is 0 Å². The van der Waals surface area contributed by atoms with Gasteiger partial charge in [-0.1, -0.05) is 12.1 Å². The van der Waals surface area contributed by atoms with Gasteiger partial charge in [-0.3, -0.25) is 9.89 Å². The third-order valence-corrected chi connectivity index (χ3v) is 4.46. The number of guanidine groups is 1. The Kier molecular flexibility index (Phi) is 6.57. The Morgan fingerprint density at radius 1 is 1.03 bits per heavy atom. The van der Waals surface area contributed by atoms with Gasteiger partial charge in [-0.2, -0.15) is 23.3 Å². The van der Waals surface area contributed by atoms with Crippen LogP contribution in [0.2, 0.25) is 0 Å². The molecule has 3 N–H and O–H groups in total. The van der Waals surface area contributed by atoms with Crippen molar-refractivity contribution in [1.82, 2.24) is 15.5 Å². The summed E-state index contributed by atoms with van der Waals surface area (Å²) < 4.78 is 52.2. The van der Waals surface area contributed by atoms with Crippen molar-refractivity contribution >= 4 is 17.7 Å². The molecule has 0 unspecified atom stereocenters. The molecule has 0 aliphatic carbocycles. The van der Waals surface area contributed by atoms with Crippen LogP contribution in [0, 0.1) is 12.7 Å². The number of hydrogen-bond acceptors (Lipinski definition) is 2. The van der Waals surface area contributed by atoms with Crippen LogP contribution in [0.4, 0.5) is 23.4 Å². The normalized spacial score (nSPS) is 12.5. The molecule has 3 rings (SSSR count). The molecular formula is C23H23F4N5O. The van der Waals surface area contributed by atoms with E-state index < -0.39 is 23.2 Å². The first-order valence-electron chi connectivity index (χ1n) is 9.99. The summed E-state index contributed by atoms with van der Waals surface area (Å²) in [6.07, 6.45) is -4.50. The number of nitrogens with one attached hydrogen (secondary N) is 3. The largest absolute Gasteiger partial charge is 0.416 e. The van der Waals surface area contributed by atoms with E-state index in [1.165, 1.54) is 6.07 Å². The van der Waals surface area contributed by atoms with Crippen molar-refractivity contribution in [2.24, 2.45) is 4.99 Å². The quantitative estimate of drug-likeness (QED) is 0.272. The molecule has 2 aromatic carbocycles. The van der Waals surface area contributed by atoms with Crippen LogP contribution in [0.3, 0.4) is 0 Å². The van der Waals surface area contributed by atoms with Crippen molar-refractivity contribution in [2.45, 2.75) is 39.4 Å². The van der Waals surface area contributed by atoms with E-state index in [1.54, 1.807) is 25.1 Å². The number of H-pyrrole nitrogens is 1. The fourth-order valence-corrected chi connectivity index (χ4v) is 2.82. The van der Waals surface area contributed by atoms with Crippen molar-refractivity contribution < 1.29 is 22.4 Å². The van der Waals surface area contributed by atoms with E-state index in [0.717, 1.165) is 24.3 Å². The zero-order valence-electron chi connectivity index (χ0n) is 18.4. The van der Waals surface area contributed by atoms with Crippen molar-refractivity contribution in [2.75, 3.05) is 5.32 Å². The Labute approximate surface area is 188 Å². The molecule has 0 bridgehead atoms. The summed E-state index contributed by atoms with van der Waals surface area (Å²) >= 11 is 0. The standard InChI is InChI=1S/C23H23F4N5O/c1-13-5-6-15(11-17(13)24)18-12-19(32-31-18)28-21(30-22(2,3)4)29-20(33)14-7-9-16(10-8-14)23(25,26)27/h5-12H,1-4H3,(H3,28,29,30,31,32,33). The molecule has 0 aliphatic heterocycles. The highest BCUT2D eigenvalue weighted by Gasteiger charge is 2.30. The van der Waals surface area contributed by atoms with Crippen LogP contribution in [0.15, 0.2) is 53.5 Å². The predicted molar refractivity (Wildman–Crippen MR) is 118 cm³/mol. The second-order valence-electron chi connectivity index (χ2n) is 8.47. The van der Waals surface area contributed by atoms with Gasteiger partial charge in [0.05, 0.1) is 11.3 Å². The fourth-order valence-electron chi connectivity index (χ4n) is 2.82. The van der Waals surface area contributed by atoms with E-state index >= 15 is 0 Å². The van der Waals surface area contributed by atoms with Crippen molar-refractivity contribution in [3.05, 3.63) is 71.0 Å². The molecule has 6 nitrogen and oxygen atoms in total. The van der Waals surface area contributed by atoms with Gasteiger partial charge in [0.1, 0.15) is 11.6 Å². The Bertz CT molecular complexity index is 1170. The van der Waals surface area contributed by atoms with E-state index in [1.807, 2.05) is 20.8 Å². The van der Waals surface area contributed by atoms with E-state index in [0.29, 0.717) is 22.6 Å². The average molecular weight is 461 g/mol. The average Bonchev–Trinajstić information content (AvgIpc) is 3.16. The number of anilines is 1. The summed E-state index contributed by atoms with van der Waals surface area (Å²) in [4.78, 5) is 16.6. The van der Waals surface area contributed by atoms with Crippen LogP contribution < -0.4 is 10.6 Å². The summed E-state index contributed by atoms with van der Waals surface area (Å²) in [5, 5.41) is 12.9. The number of aromatic amines is 1. The van der Waals surface area contributed by atoms with Crippen LogP contribution in [0.5, 0.6) is 0 Å². The number of hydrogen-bond donors (Lipinski definition) is 3. The number of carbonyl (C=O) groups excluding carboxylic acids is 1. The fraction of sp³-hybridized carbons (Fsp3) is 0.261. The number of nitrogens with zero attached hydrogens (tertiary/aromatic N) is 2. The Morgan fingerprint density at radius 2 is 1.70 bits per heavy atom. The van der Waals surface area contributed by atoms with Crippen LogP contribution in [-0.2, 0) is 6.18 Å². The number of halogens is 4. The summed E-state index contributed by atoms with van der Waals surface area (Å²) in [6, 6.07) is 10.2. The van der Waals surface area contributed by atoms with Crippen molar-refractivity contribution in [3.8, 4) is 11.3 Å². The smallest absolute Gasteiger partial charge is 0.351 e. The van der Waals surface area contributed by atoms with E-state index in [9.17, 15) is 22.4 Å². The number of aliphatic imine (C=N–C) groups is 1. The zero-order chi connectivity index (χ0) is 24.4. The van der Waals surface area contributed by atoms with Gasteiger partial charge in [0.2, 0.25) is 5.96 Å². The zero-order valence-corrected chi connectivity index (χ0v) is 18.4. The predicted octanol–water partition coefficient (Wildman–Crippen LogP) is 5.54. The number of aryl methyl sites for hydroxylation is 1. The Morgan fingerprint density at radius 3 is 2.27 bits per heavy atom. The minimum absolute atomic E-state index is 0.00144. The lowest BCUT2D eigenvalue weighted by Gasteiger charge is -2.23. The number of alkyl halides is 3. The lowest BCUT2D eigenvalue weighted by molar-refractivity contribution is -0.137. The second-order valence-corrected chi connectivity index (χ2v) is 8.47. The lowest BCUT2D eigenvalue weighted by Crippen LogP contribution is -2.44. The Balaban J connectivity index is 1.84. The molecule has 1 aromatic heterocycles. The molecule has 174 valence electrons. The first-order valence-corrected chi connectivity index (χ1v) is 9.99. The third-order valence-electron chi connectivity index (χ3n) is 4.46. The maximum Gasteiger partial charge on any atom is 0.416 e. The van der Waals surface area contributed by atoms with Gasteiger partial charge in [-0.25, -0.2) is 4.39 Å². The van der Waals surface area contributed by atoms with Gasteiger partial charge in [0.25, 0.3) is 5.91 Å². The molecule has 0 saturated carbocycles. The van der Waals surface area contributed by atoms with Gasteiger partial charge in [0.15, 0.2) is 0 Å². The van der Waals surface area contributed by atoms with E-state index in [-0.39, 0.29) is 17.3 Å². The van der Waals surface area contributed by atoms with Gasteiger partial charge >= 0.3 is 6.18 Å². The maximum absolute atomic E-state index is 13.9. The third kappa shape index (κ3) is 6.41. The molecular weight excluding hydrogens is 438 g/mol. The van der Waals surface area contributed by atoms with Crippen molar-refractivity contribution in [3.63, 3.8) is 0 Å². The molecule has 0 atom stereocenters. The number of amides is 1. The Hall–Kier alpha value is -3.69. The molecule has 3 aromatic rings. The summed E-state index contributed by atoms with van der Waals surface area (Å²) in [5.41, 5.74) is 0.198. The second kappa shape index (κ2) is 9.05. The van der Waals surface area contributed by atoms with E-state index in [2.05, 4.69) is 25.8 Å². The monoisotopic (exact) mass is 461 g/mol. The molecule has 0 radical (unpaired) electrons. The molecule has 10 heteroatoms. The molecule has 0 saturated heterocycles. The number of aromatic nitrogens is 2. The number of benzene rings is 2. The van der Waals surface area contributed by atoms with Crippen LogP contribution in [0.25, 0.3) is 11.3 Å². The first-order chi connectivity index (χ1) is 15.3. The summed E-state index contributed by atoms with van der Waals surface area (Å²) in [7, 11) is 0. The molecule has 1 amide bonds. The molecule has 0 fully saturated rings. The van der Waals surface area contributed by atoms with Gasteiger partial charge in [0, 0.05) is 22.7 Å². The molecule has 0 aliphatic rings. The highest BCUT2D eigenvalue weighted by atomic mass is 19.4.